The second-order valence-electron chi connectivity index (χ2n) is 5.89. The Kier molecular flexibility index (Phi) is 7.64. The van der Waals surface area contributed by atoms with Crippen LogP contribution in [0, 0.1) is 11.8 Å². The fourth-order valence-corrected chi connectivity index (χ4v) is 2.46. The predicted molar refractivity (Wildman–Crippen MR) is 105 cm³/mol. The molecule has 122 valence electrons. The maximum atomic E-state index is 3.76. The molecule has 0 aliphatic rings. The molecule has 0 heteroatoms. The zero-order chi connectivity index (χ0) is 17.0. The van der Waals surface area contributed by atoms with Gasteiger partial charge in [0.15, 0.2) is 0 Å². The predicted octanol–water partition coefficient (Wildman–Crippen LogP) is 6.10. The van der Waals surface area contributed by atoms with Gasteiger partial charge in [0.2, 0.25) is 0 Å². The molecular weight excluding hydrogens is 288 g/mol. The number of rotatable bonds is 7. The van der Waals surface area contributed by atoms with E-state index in [-0.39, 0.29) is 0 Å². The van der Waals surface area contributed by atoms with Gasteiger partial charge in [-0.3, -0.25) is 0 Å². The van der Waals surface area contributed by atoms with Crippen molar-refractivity contribution < 1.29 is 0 Å². The fraction of sp³-hybridized carbons (Fsp3) is 0.250. The van der Waals surface area contributed by atoms with Crippen LogP contribution in [0.15, 0.2) is 73.3 Å². The van der Waals surface area contributed by atoms with Gasteiger partial charge in [0, 0.05) is 11.1 Å². The highest BCUT2D eigenvalue weighted by atomic mass is 14.0. The third-order valence-corrected chi connectivity index (χ3v) is 3.90. The Labute approximate surface area is 146 Å². The van der Waals surface area contributed by atoms with Crippen LogP contribution in [0.5, 0.6) is 0 Å². The summed E-state index contributed by atoms with van der Waals surface area (Å²) in [5.74, 6) is 6.49. The minimum Gasteiger partial charge on any atom is -0.103 e. The summed E-state index contributed by atoms with van der Waals surface area (Å²) < 4.78 is 0. The summed E-state index contributed by atoms with van der Waals surface area (Å²) in [5, 5.41) is 0. The molecule has 24 heavy (non-hydrogen) atoms. The molecule has 0 saturated heterocycles. The second kappa shape index (κ2) is 10.3. The Hall–Kier alpha value is -2.52. The quantitative estimate of drug-likeness (QED) is 0.427. The summed E-state index contributed by atoms with van der Waals surface area (Å²) in [7, 11) is 0. The highest BCUT2D eigenvalue weighted by Crippen LogP contribution is 2.08. The van der Waals surface area contributed by atoms with Gasteiger partial charge in [-0.1, -0.05) is 61.3 Å². The number of aryl methyl sites for hydroxylation is 2. The molecule has 0 atom stereocenters. The monoisotopic (exact) mass is 314 g/mol. The Morgan fingerprint density at radius 2 is 1.25 bits per heavy atom. The highest BCUT2D eigenvalue weighted by molar-refractivity contribution is 5.44. The second-order valence-corrected chi connectivity index (χ2v) is 5.89. The number of allylic oxidation sites excluding steroid dienone is 3. The zero-order valence-electron chi connectivity index (χ0n) is 14.6. The lowest BCUT2D eigenvalue weighted by atomic mass is 10.1. The summed E-state index contributed by atoms with van der Waals surface area (Å²) in [5.41, 5.74) is 4.83. The van der Waals surface area contributed by atoms with Gasteiger partial charge in [0.1, 0.15) is 0 Å². The maximum Gasteiger partial charge on any atom is 0.0249 e. The average Bonchev–Trinajstić information content (AvgIpc) is 2.64. The molecule has 2 aromatic rings. The van der Waals surface area contributed by atoms with Crippen molar-refractivity contribution in [1.82, 2.24) is 0 Å². The molecule has 2 rings (SSSR count). The van der Waals surface area contributed by atoms with Crippen molar-refractivity contribution in [1.29, 1.82) is 0 Å². The van der Waals surface area contributed by atoms with Gasteiger partial charge in [-0.2, -0.15) is 0 Å². The van der Waals surface area contributed by atoms with E-state index in [0.717, 1.165) is 43.2 Å². The van der Waals surface area contributed by atoms with E-state index in [9.17, 15) is 0 Å². The van der Waals surface area contributed by atoms with Crippen molar-refractivity contribution in [2.24, 2.45) is 0 Å². The molecule has 0 nitrogen and oxygen atoms in total. The lowest BCUT2D eigenvalue weighted by Gasteiger charge is -1.99. The van der Waals surface area contributed by atoms with Gasteiger partial charge in [-0.25, -0.2) is 0 Å². The minimum atomic E-state index is 1.02. The van der Waals surface area contributed by atoms with Gasteiger partial charge in [-0.15, -0.1) is 6.58 Å². The molecular formula is C24H26. The van der Waals surface area contributed by atoms with E-state index in [0.29, 0.717) is 0 Å². The third-order valence-electron chi connectivity index (χ3n) is 3.90. The molecule has 0 aromatic heterocycles. The summed E-state index contributed by atoms with van der Waals surface area (Å²) in [4.78, 5) is 0. The summed E-state index contributed by atoms with van der Waals surface area (Å²) >= 11 is 0. The first kappa shape index (κ1) is 17.8. The van der Waals surface area contributed by atoms with E-state index in [4.69, 9.17) is 0 Å². The molecule has 0 fully saturated rings. The van der Waals surface area contributed by atoms with Crippen molar-refractivity contribution in [2.75, 3.05) is 0 Å². The highest BCUT2D eigenvalue weighted by Gasteiger charge is 1.93. The Morgan fingerprint density at radius 1 is 0.750 bits per heavy atom. The molecule has 2 aromatic carbocycles. The molecule has 0 bridgehead atoms. The van der Waals surface area contributed by atoms with Crippen molar-refractivity contribution in [3.63, 3.8) is 0 Å². The number of benzene rings is 2. The number of hydrogen-bond donors (Lipinski definition) is 0. The van der Waals surface area contributed by atoms with Crippen LogP contribution >= 0.6 is 0 Å². The summed E-state index contributed by atoms with van der Waals surface area (Å²) in [6.07, 6.45) is 11.8. The molecule has 0 radical (unpaired) electrons. The smallest absolute Gasteiger partial charge is 0.0249 e. The fourth-order valence-electron chi connectivity index (χ4n) is 2.46. The summed E-state index contributed by atoms with van der Waals surface area (Å²) in [6.45, 7) is 5.93. The van der Waals surface area contributed by atoms with Gasteiger partial charge in [0.05, 0.1) is 0 Å². The Morgan fingerprint density at radius 3 is 1.71 bits per heavy atom. The lowest BCUT2D eigenvalue weighted by molar-refractivity contribution is 0.992. The molecule has 0 amide bonds. The van der Waals surface area contributed by atoms with Crippen LogP contribution in [-0.4, -0.2) is 0 Å². The van der Waals surface area contributed by atoms with E-state index in [1.807, 2.05) is 6.08 Å². The molecule has 0 spiro atoms. The van der Waals surface area contributed by atoms with E-state index in [1.54, 1.807) is 0 Å². The van der Waals surface area contributed by atoms with Crippen molar-refractivity contribution >= 4 is 0 Å². The van der Waals surface area contributed by atoms with Gasteiger partial charge < -0.3 is 0 Å². The van der Waals surface area contributed by atoms with Crippen LogP contribution in [-0.2, 0) is 12.8 Å². The van der Waals surface area contributed by atoms with Crippen LogP contribution in [0.3, 0.4) is 0 Å². The molecule has 0 N–H and O–H groups in total. The molecule has 0 aliphatic carbocycles. The Balaban J connectivity index is 1.92. The normalized spacial score (nSPS) is 10.4. The molecule has 0 saturated carbocycles. The minimum absolute atomic E-state index is 1.02. The van der Waals surface area contributed by atoms with E-state index < -0.39 is 0 Å². The van der Waals surface area contributed by atoms with Crippen LogP contribution in [0.1, 0.15) is 48.4 Å². The van der Waals surface area contributed by atoms with E-state index >= 15 is 0 Å². The third kappa shape index (κ3) is 6.31. The van der Waals surface area contributed by atoms with Gasteiger partial charge >= 0.3 is 0 Å². The van der Waals surface area contributed by atoms with Gasteiger partial charge in [0.25, 0.3) is 0 Å². The lowest BCUT2D eigenvalue weighted by Crippen LogP contribution is -1.85. The average molecular weight is 314 g/mol. The van der Waals surface area contributed by atoms with Crippen LogP contribution in [0.4, 0.5) is 0 Å². The van der Waals surface area contributed by atoms with Crippen LogP contribution in [0.25, 0.3) is 0 Å². The number of hydrogen-bond acceptors (Lipinski definition) is 0. The van der Waals surface area contributed by atoms with Crippen LogP contribution in [0.2, 0.25) is 0 Å². The zero-order valence-corrected chi connectivity index (χ0v) is 14.6. The first-order valence-corrected chi connectivity index (χ1v) is 8.77. The SMILES string of the molecule is C=CCCc1ccc(C#Cc2ccc(CCC=CCC)cc2)cc1. The van der Waals surface area contributed by atoms with Gasteiger partial charge in [-0.05, 0) is 67.5 Å². The van der Waals surface area contributed by atoms with Crippen LogP contribution < -0.4 is 0 Å². The largest absolute Gasteiger partial charge is 0.103 e. The topological polar surface area (TPSA) is 0 Å². The van der Waals surface area contributed by atoms with Crippen molar-refractivity contribution in [3.05, 3.63) is 95.6 Å². The van der Waals surface area contributed by atoms with E-state index in [2.05, 4.69) is 86.0 Å². The first-order valence-electron chi connectivity index (χ1n) is 8.77. The van der Waals surface area contributed by atoms with Crippen molar-refractivity contribution in [2.45, 2.75) is 39.0 Å². The first-order chi connectivity index (χ1) is 11.8. The maximum absolute atomic E-state index is 3.76. The summed E-state index contributed by atoms with van der Waals surface area (Å²) in [6, 6.07) is 17.1. The molecule has 0 aliphatic heterocycles. The van der Waals surface area contributed by atoms with Crippen molar-refractivity contribution in [3.8, 4) is 11.8 Å². The molecule has 0 heterocycles. The standard InChI is InChI=1S/C24H26/c1-3-5-7-8-10-22-13-17-24(18-14-22)20-19-23-15-11-21(12-16-23)9-6-4-2/h4-5,7,11-18H,2-3,6,8-10H2,1H3. The van der Waals surface area contributed by atoms with E-state index in [1.165, 1.54) is 11.1 Å². The Bertz CT molecular complexity index is 703. The molecule has 0 unspecified atom stereocenters.